The van der Waals surface area contributed by atoms with E-state index in [0.29, 0.717) is 5.82 Å². The minimum absolute atomic E-state index is 0.201. The van der Waals surface area contributed by atoms with Crippen LogP contribution in [0.3, 0.4) is 0 Å². The van der Waals surface area contributed by atoms with E-state index in [-0.39, 0.29) is 5.56 Å². The fraction of sp³-hybridized carbons (Fsp3) is 0.300. The lowest BCUT2D eigenvalue weighted by atomic mass is 10.3. The first-order chi connectivity index (χ1) is 7.33. The van der Waals surface area contributed by atoms with E-state index in [9.17, 15) is 4.79 Å². The Morgan fingerprint density at radius 3 is 3.00 bits per heavy atom. The molecule has 5 nitrogen and oxygen atoms in total. The molecule has 0 saturated heterocycles. The topological polar surface area (TPSA) is 63.6 Å². The first-order valence-electron chi connectivity index (χ1n) is 4.89. The second-order valence-electron chi connectivity index (χ2n) is 3.21. The van der Waals surface area contributed by atoms with Crippen molar-refractivity contribution in [3.05, 3.63) is 41.0 Å². The Labute approximate surface area is 86.8 Å². The fourth-order valence-electron chi connectivity index (χ4n) is 1.45. The summed E-state index contributed by atoms with van der Waals surface area (Å²) in [6.45, 7) is 2.07. The monoisotopic (exact) mass is 204 g/mol. The highest BCUT2D eigenvalue weighted by molar-refractivity contribution is 5.20. The van der Waals surface area contributed by atoms with E-state index in [0.717, 1.165) is 18.7 Å². The molecule has 0 bridgehead atoms. The number of aromatic nitrogens is 4. The molecule has 2 aromatic rings. The summed E-state index contributed by atoms with van der Waals surface area (Å²) in [5.74, 6) is 1.24. The van der Waals surface area contributed by atoms with Gasteiger partial charge in [0.2, 0.25) is 5.82 Å². The number of imidazole rings is 1. The highest BCUT2D eigenvalue weighted by Crippen LogP contribution is 2.04. The molecule has 0 aliphatic carbocycles. The number of aryl methyl sites for hydroxylation is 1. The first-order valence-corrected chi connectivity index (χ1v) is 4.89. The molecule has 78 valence electrons. The van der Waals surface area contributed by atoms with Gasteiger partial charge in [0.15, 0.2) is 0 Å². The van der Waals surface area contributed by atoms with Gasteiger partial charge >= 0.3 is 0 Å². The largest absolute Gasteiger partial charge is 0.324 e. The maximum Gasteiger partial charge on any atom is 0.291 e. The van der Waals surface area contributed by atoms with E-state index in [2.05, 4.69) is 21.9 Å². The lowest BCUT2D eigenvalue weighted by Gasteiger charge is -2.03. The summed E-state index contributed by atoms with van der Waals surface area (Å²) in [5.41, 5.74) is -0.201. The smallest absolute Gasteiger partial charge is 0.291 e. The normalized spacial score (nSPS) is 10.5. The van der Waals surface area contributed by atoms with Gasteiger partial charge in [0.1, 0.15) is 5.82 Å². The Balaban J connectivity index is 2.50. The Kier molecular flexibility index (Phi) is 2.62. The van der Waals surface area contributed by atoms with Gasteiger partial charge in [-0.05, 0) is 6.42 Å². The van der Waals surface area contributed by atoms with Gasteiger partial charge in [-0.2, -0.15) is 0 Å². The van der Waals surface area contributed by atoms with E-state index < -0.39 is 0 Å². The number of aromatic amines is 1. The highest BCUT2D eigenvalue weighted by atomic mass is 16.1. The van der Waals surface area contributed by atoms with Gasteiger partial charge in [-0.3, -0.25) is 9.36 Å². The lowest BCUT2D eigenvalue weighted by molar-refractivity contribution is 0.790. The van der Waals surface area contributed by atoms with Crippen LogP contribution in [0.5, 0.6) is 0 Å². The summed E-state index contributed by atoms with van der Waals surface area (Å²) in [6, 6.07) is 0. The number of nitrogens with one attached hydrogen (secondary N) is 1. The van der Waals surface area contributed by atoms with E-state index >= 15 is 0 Å². The zero-order chi connectivity index (χ0) is 10.7. The van der Waals surface area contributed by atoms with Gasteiger partial charge in [-0.25, -0.2) is 9.97 Å². The number of rotatable bonds is 3. The Morgan fingerprint density at radius 2 is 2.27 bits per heavy atom. The second-order valence-corrected chi connectivity index (χ2v) is 3.21. The molecule has 2 aromatic heterocycles. The van der Waals surface area contributed by atoms with Gasteiger partial charge < -0.3 is 4.98 Å². The molecule has 0 radical (unpaired) electrons. The maximum absolute atomic E-state index is 11.5. The number of hydrogen-bond donors (Lipinski definition) is 1. The van der Waals surface area contributed by atoms with E-state index in [4.69, 9.17) is 0 Å². The summed E-state index contributed by atoms with van der Waals surface area (Å²) < 4.78 is 1.72. The quantitative estimate of drug-likeness (QED) is 0.808. The van der Waals surface area contributed by atoms with Crippen LogP contribution in [0, 0.1) is 0 Å². The third kappa shape index (κ3) is 1.81. The molecule has 15 heavy (non-hydrogen) atoms. The van der Waals surface area contributed by atoms with Crippen LogP contribution >= 0.6 is 0 Å². The molecular formula is C10H12N4O. The van der Waals surface area contributed by atoms with Crippen LogP contribution in [0.15, 0.2) is 29.6 Å². The average Bonchev–Trinajstić information content (AvgIpc) is 2.67. The zero-order valence-electron chi connectivity index (χ0n) is 8.47. The minimum atomic E-state index is -0.201. The van der Waals surface area contributed by atoms with Crippen molar-refractivity contribution in [2.75, 3.05) is 0 Å². The van der Waals surface area contributed by atoms with E-state index in [1.54, 1.807) is 23.2 Å². The Bertz CT molecular complexity index is 500. The van der Waals surface area contributed by atoms with Gasteiger partial charge in [0.25, 0.3) is 5.56 Å². The third-order valence-corrected chi connectivity index (χ3v) is 2.11. The molecule has 0 saturated carbocycles. The van der Waals surface area contributed by atoms with Gasteiger partial charge in [-0.15, -0.1) is 0 Å². The Hall–Kier alpha value is -1.91. The molecule has 0 aliphatic rings. The van der Waals surface area contributed by atoms with Gasteiger partial charge in [0, 0.05) is 31.2 Å². The van der Waals surface area contributed by atoms with Crippen molar-refractivity contribution in [1.82, 2.24) is 19.5 Å². The summed E-state index contributed by atoms with van der Waals surface area (Å²) in [5, 5.41) is 0. The van der Waals surface area contributed by atoms with Crippen LogP contribution in [-0.2, 0) is 6.42 Å². The zero-order valence-corrected chi connectivity index (χ0v) is 8.47. The fourth-order valence-corrected chi connectivity index (χ4v) is 1.45. The van der Waals surface area contributed by atoms with Crippen LogP contribution < -0.4 is 5.56 Å². The van der Waals surface area contributed by atoms with Crippen molar-refractivity contribution < 1.29 is 0 Å². The van der Waals surface area contributed by atoms with Gasteiger partial charge in [-0.1, -0.05) is 6.92 Å². The SMILES string of the molecule is CCCc1nccn1-c1ncc[nH]c1=O. The van der Waals surface area contributed by atoms with Gasteiger partial charge in [0.05, 0.1) is 0 Å². The van der Waals surface area contributed by atoms with Crippen LogP contribution in [0.25, 0.3) is 5.82 Å². The summed E-state index contributed by atoms with van der Waals surface area (Å²) in [4.78, 5) is 22.3. The molecule has 0 atom stereocenters. The van der Waals surface area contributed by atoms with Crippen LogP contribution in [0.1, 0.15) is 19.2 Å². The van der Waals surface area contributed by atoms with Crippen LogP contribution in [-0.4, -0.2) is 19.5 Å². The van der Waals surface area contributed by atoms with Crippen molar-refractivity contribution in [3.63, 3.8) is 0 Å². The van der Waals surface area contributed by atoms with Crippen LogP contribution in [0.2, 0.25) is 0 Å². The molecule has 0 aromatic carbocycles. The third-order valence-electron chi connectivity index (χ3n) is 2.11. The van der Waals surface area contributed by atoms with Crippen molar-refractivity contribution in [1.29, 1.82) is 0 Å². The maximum atomic E-state index is 11.5. The van der Waals surface area contributed by atoms with Crippen molar-refractivity contribution in [2.24, 2.45) is 0 Å². The van der Waals surface area contributed by atoms with Crippen molar-refractivity contribution in [2.45, 2.75) is 19.8 Å². The summed E-state index contributed by atoms with van der Waals surface area (Å²) in [7, 11) is 0. The molecular weight excluding hydrogens is 192 g/mol. The molecule has 0 fully saturated rings. The van der Waals surface area contributed by atoms with Crippen molar-refractivity contribution in [3.8, 4) is 5.82 Å². The molecule has 0 unspecified atom stereocenters. The molecule has 0 amide bonds. The molecule has 5 heteroatoms. The number of H-pyrrole nitrogens is 1. The number of hydrogen-bond acceptors (Lipinski definition) is 3. The number of nitrogens with zero attached hydrogens (tertiary/aromatic N) is 3. The Morgan fingerprint density at radius 1 is 1.40 bits per heavy atom. The van der Waals surface area contributed by atoms with E-state index in [1.807, 2.05) is 0 Å². The predicted octanol–water partition coefficient (Wildman–Crippen LogP) is 0.908. The predicted molar refractivity (Wildman–Crippen MR) is 56.0 cm³/mol. The summed E-state index contributed by atoms with van der Waals surface area (Å²) >= 11 is 0. The molecule has 2 rings (SSSR count). The first kappa shape index (κ1) is 9.64. The lowest BCUT2D eigenvalue weighted by Crippen LogP contribution is -2.17. The highest BCUT2D eigenvalue weighted by Gasteiger charge is 2.07. The standard InChI is InChI=1S/C10H12N4O/c1-2-3-8-11-6-7-14(8)9-10(15)13-5-4-12-9/h4-7H,2-3H2,1H3,(H,13,15). The second kappa shape index (κ2) is 4.08. The van der Waals surface area contributed by atoms with E-state index in [1.165, 1.54) is 6.20 Å². The van der Waals surface area contributed by atoms with Crippen LogP contribution in [0.4, 0.5) is 0 Å². The minimum Gasteiger partial charge on any atom is -0.324 e. The summed E-state index contributed by atoms with van der Waals surface area (Å²) in [6.07, 6.45) is 8.33. The molecule has 1 N–H and O–H groups in total. The average molecular weight is 204 g/mol. The molecule has 2 heterocycles. The molecule has 0 aliphatic heterocycles. The molecule has 0 spiro atoms. The van der Waals surface area contributed by atoms with Crippen molar-refractivity contribution >= 4 is 0 Å².